The van der Waals surface area contributed by atoms with E-state index in [1.54, 1.807) is 11.3 Å². The average molecular weight is 369 g/mol. The zero-order valence-corrected chi connectivity index (χ0v) is 15.3. The highest BCUT2D eigenvalue weighted by atomic mass is 32.1. The maximum atomic E-state index is 6.34. The van der Waals surface area contributed by atoms with Crippen molar-refractivity contribution in [2.75, 3.05) is 6.61 Å². The van der Waals surface area contributed by atoms with Gasteiger partial charge in [-0.2, -0.15) is 0 Å². The molecule has 0 spiro atoms. The Morgan fingerprint density at radius 3 is 2.85 bits per heavy atom. The topological polar surface area (TPSA) is 35.3 Å². The average Bonchev–Trinajstić information content (AvgIpc) is 3.43. The van der Waals surface area contributed by atoms with Gasteiger partial charge in [0, 0.05) is 22.9 Å². The van der Waals surface area contributed by atoms with Crippen LogP contribution < -0.4 is 4.74 Å². The van der Waals surface area contributed by atoms with Crippen molar-refractivity contribution in [3.8, 4) is 28.2 Å². The van der Waals surface area contributed by atoms with Gasteiger partial charge in [0.25, 0.3) is 0 Å². The van der Waals surface area contributed by atoms with Crippen LogP contribution in [0.1, 0.15) is 5.56 Å². The molecule has 0 amide bonds. The van der Waals surface area contributed by atoms with Crippen LogP contribution in [0, 0.1) is 0 Å². The molecule has 1 aliphatic rings. The number of hydrogen-bond acceptors (Lipinski definition) is 4. The predicted molar refractivity (Wildman–Crippen MR) is 109 cm³/mol. The van der Waals surface area contributed by atoms with E-state index in [2.05, 4.69) is 53.5 Å². The van der Waals surface area contributed by atoms with E-state index in [1.165, 1.54) is 10.3 Å². The van der Waals surface area contributed by atoms with E-state index < -0.39 is 0 Å². The number of para-hydroxylation sites is 1. The number of rotatable bonds is 2. The summed E-state index contributed by atoms with van der Waals surface area (Å²) in [5, 5.41) is 1.13. The fourth-order valence-corrected chi connectivity index (χ4v) is 4.59. The molecule has 130 valence electrons. The molecule has 3 nitrogen and oxygen atoms in total. The fraction of sp³-hybridized carbons (Fsp3) is 0.0870. The molecule has 3 heterocycles. The Labute approximate surface area is 159 Å². The molecule has 0 bridgehead atoms. The van der Waals surface area contributed by atoms with Crippen LogP contribution in [0.5, 0.6) is 5.75 Å². The molecular formula is C23H15NO2S. The molecule has 27 heavy (non-hydrogen) atoms. The molecule has 1 aliphatic heterocycles. The van der Waals surface area contributed by atoms with Crippen molar-refractivity contribution in [3.63, 3.8) is 0 Å². The summed E-state index contributed by atoms with van der Waals surface area (Å²) in [5.41, 5.74) is 8.47. The SMILES string of the molecule is c1ccc2c(-c3ccc4ncsc4c3)c(-c3ccc4c(c3)CCO4)oc2c1. The highest BCUT2D eigenvalue weighted by molar-refractivity contribution is 7.16. The van der Waals surface area contributed by atoms with Crippen molar-refractivity contribution in [2.45, 2.75) is 6.42 Å². The van der Waals surface area contributed by atoms with Gasteiger partial charge in [-0.05, 0) is 47.5 Å². The van der Waals surface area contributed by atoms with Crippen molar-refractivity contribution in [3.05, 3.63) is 71.7 Å². The van der Waals surface area contributed by atoms with E-state index in [9.17, 15) is 0 Å². The Bertz CT molecular complexity index is 1310. The number of thiazole rings is 1. The first kappa shape index (κ1) is 15.0. The van der Waals surface area contributed by atoms with E-state index in [0.29, 0.717) is 0 Å². The third kappa shape index (κ3) is 2.30. The molecule has 5 aromatic rings. The predicted octanol–water partition coefficient (Wildman–Crippen LogP) is 6.31. The smallest absolute Gasteiger partial charge is 0.143 e. The van der Waals surface area contributed by atoms with Gasteiger partial charge in [-0.1, -0.05) is 24.3 Å². The molecule has 2 aromatic heterocycles. The fourth-order valence-electron chi connectivity index (χ4n) is 3.87. The largest absolute Gasteiger partial charge is 0.493 e. The standard InChI is InChI=1S/C23H15NO2S/c1-2-4-20-17(3-1)22(15-5-7-18-21(12-15)27-13-24-18)23(26-20)16-6-8-19-14(11-16)9-10-25-19/h1-8,11-13H,9-10H2. The van der Waals surface area contributed by atoms with Crippen LogP contribution in [-0.4, -0.2) is 11.6 Å². The van der Waals surface area contributed by atoms with Crippen LogP contribution in [0.2, 0.25) is 0 Å². The minimum absolute atomic E-state index is 0.758. The first-order valence-electron chi connectivity index (χ1n) is 8.98. The quantitative estimate of drug-likeness (QED) is 0.366. The van der Waals surface area contributed by atoms with Crippen molar-refractivity contribution in [1.82, 2.24) is 4.98 Å². The molecular weight excluding hydrogens is 354 g/mol. The Hall–Kier alpha value is -3.11. The Morgan fingerprint density at radius 1 is 0.926 bits per heavy atom. The van der Waals surface area contributed by atoms with E-state index >= 15 is 0 Å². The first-order chi connectivity index (χ1) is 13.4. The summed E-state index contributed by atoms with van der Waals surface area (Å²) in [6.45, 7) is 0.758. The van der Waals surface area contributed by atoms with Crippen molar-refractivity contribution in [1.29, 1.82) is 0 Å². The van der Waals surface area contributed by atoms with Gasteiger partial charge in [0.2, 0.25) is 0 Å². The van der Waals surface area contributed by atoms with E-state index in [0.717, 1.165) is 57.7 Å². The van der Waals surface area contributed by atoms with Crippen molar-refractivity contribution >= 4 is 32.5 Å². The van der Waals surface area contributed by atoms with Crippen LogP contribution in [-0.2, 0) is 6.42 Å². The second-order valence-corrected chi connectivity index (χ2v) is 7.64. The van der Waals surface area contributed by atoms with Crippen LogP contribution in [0.3, 0.4) is 0 Å². The molecule has 0 N–H and O–H groups in total. The highest BCUT2D eigenvalue weighted by Gasteiger charge is 2.20. The Balaban J connectivity index is 1.64. The van der Waals surface area contributed by atoms with Crippen LogP contribution in [0.4, 0.5) is 0 Å². The van der Waals surface area contributed by atoms with Crippen molar-refractivity contribution in [2.24, 2.45) is 0 Å². The van der Waals surface area contributed by atoms with Gasteiger partial charge >= 0.3 is 0 Å². The number of aromatic nitrogens is 1. The van der Waals surface area contributed by atoms with Gasteiger partial charge in [-0.15, -0.1) is 11.3 Å². The second kappa shape index (κ2) is 5.69. The zero-order valence-electron chi connectivity index (χ0n) is 14.4. The maximum absolute atomic E-state index is 6.34. The van der Waals surface area contributed by atoms with Crippen LogP contribution in [0.15, 0.2) is 70.6 Å². The Kier molecular flexibility index (Phi) is 3.16. The lowest BCUT2D eigenvalue weighted by Gasteiger charge is -2.06. The third-order valence-corrected chi connectivity index (χ3v) is 5.96. The molecule has 0 saturated heterocycles. The first-order valence-corrected chi connectivity index (χ1v) is 9.86. The Morgan fingerprint density at radius 2 is 1.85 bits per heavy atom. The van der Waals surface area contributed by atoms with Gasteiger partial charge in [0.15, 0.2) is 0 Å². The number of benzene rings is 3. The number of hydrogen-bond donors (Lipinski definition) is 0. The summed E-state index contributed by atoms with van der Waals surface area (Å²) in [6, 6.07) is 21.0. The lowest BCUT2D eigenvalue weighted by Crippen LogP contribution is -1.85. The van der Waals surface area contributed by atoms with Gasteiger partial charge in [-0.3, -0.25) is 0 Å². The lowest BCUT2D eigenvalue weighted by atomic mass is 9.97. The van der Waals surface area contributed by atoms with Gasteiger partial charge in [-0.25, -0.2) is 4.98 Å². The summed E-state index contributed by atoms with van der Waals surface area (Å²) in [6.07, 6.45) is 0.950. The summed E-state index contributed by atoms with van der Waals surface area (Å²) < 4.78 is 13.2. The van der Waals surface area contributed by atoms with Crippen molar-refractivity contribution < 1.29 is 9.15 Å². The lowest BCUT2D eigenvalue weighted by molar-refractivity contribution is 0.357. The van der Waals surface area contributed by atoms with Gasteiger partial charge < -0.3 is 9.15 Å². The molecule has 0 saturated carbocycles. The van der Waals surface area contributed by atoms with Gasteiger partial charge in [0.05, 0.1) is 22.3 Å². The summed E-state index contributed by atoms with van der Waals surface area (Å²) in [7, 11) is 0. The number of nitrogens with zero attached hydrogens (tertiary/aromatic N) is 1. The molecule has 4 heteroatoms. The summed E-state index contributed by atoms with van der Waals surface area (Å²) >= 11 is 1.66. The molecule has 0 aliphatic carbocycles. The van der Waals surface area contributed by atoms with Crippen LogP contribution in [0.25, 0.3) is 43.6 Å². The van der Waals surface area contributed by atoms with Crippen LogP contribution >= 0.6 is 11.3 Å². The molecule has 6 rings (SSSR count). The monoisotopic (exact) mass is 369 g/mol. The van der Waals surface area contributed by atoms with E-state index in [1.807, 2.05) is 17.6 Å². The molecule has 0 atom stereocenters. The molecule has 0 radical (unpaired) electrons. The van der Waals surface area contributed by atoms with E-state index in [4.69, 9.17) is 9.15 Å². The third-order valence-electron chi connectivity index (χ3n) is 5.17. The minimum Gasteiger partial charge on any atom is -0.493 e. The van der Waals surface area contributed by atoms with Gasteiger partial charge in [0.1, 0.15) is 17.1 Å². The maximum Gasteiger partial charge on any atom is 0.143 e. The minimum atomic E-state index is 0.758. The highest BCUT2D eigenvalue weighted by Crippen LogP contribution is 2.43. The summed E-state index contributed by atoms with van der Waals surface area (Å²) in [5.74, 6) is 1.90. The van der Waals surface area contributed by atoms with E-state index in [-0.39, 0.29) is 0 Å². The second-order valence-electron chi connectivity index (χ2n) is 6.76. The number of furan rings is 1. The molecule has 0 fully saturated rings. The molecule has 3 aromatic carbocycles. The number of ether oxygens (including phenoxy) is 1. The zero-order chi connectivity index (χ0) is 17.8. The number of fused-ring (bicyclic) bond motifs is 3. The molecule has 0 unspecified atom stereocenters. The normalized spacial score (nSPS) is 13.2. The summed E-state index contributed by atoms with van der Waals surface area (Å²) in [4.78, 5) is 4.40.